The molecular weight excluding hydrogens is 276 g/mol. The van der Waals surface area contributed by atoms with E-state index in [4.69, 9.17) is 9.63 Å². The maximum Gasteiger partial charge on any atom is 0.307 e. The molecule has 1 saturated carbocycles. The van der Waals surface area contributed by atoms with E-state index >= 15 is 0 Å². The van der Waals surface area contributed by atoms with Gasteiger partial charge in [-0.05, 0) is 12.8 Å². The summed E-state index contributed by atoms with van der Waals surface area (Å²) in [5.74, 6) is 0.248. The van der Waals surface area contributed by atoms with Gasteiger partial charge in [-0.1, -0.05) is 38.3 Å². The molecule has 0 amide bonds. The van der Waals surface area contributed by atoms with Crippen molar-refractivity contribution < 1.29 is 14.4 Å². The first kappa shape index (κ1) is 15.4. The second-order valence-corrected chi connectivity index (χ2v) is 6.82. The van der Waals surface area contributed by atoms with Crippen LogP contribution in [0.2, 0.25) is 0 Å². The van der Waals surface area contributed by atoms with Crippen molar-refractivity contribution >= 4 is 17.7 Å². The number of carbonyl (C=O) groups is 1. The summed E-state index contributed by atoms with van der Waals surface area (Å²) in [7, 11) is 0. The molecular formula is C14H22N2O3S. The Kier molecular flexibility index (Phi) is 5.46. The van der Waals surface area contributed by atoms with Gasteiger partial charge in [0.2, 0.25) is 5.89 Å². The van der Waals surface area contributed by atoms with E-state index in [1.54, 1.807) is 6.92 Å². The van der Waals surface area contributed by atoms with Crippen molar-refractivity contribution in [2.24, 2.45) is 5.92 Å². The van der Waals surface area contributed by atoms with Crippen LogP contribution in [0.1, 0.15) is 63.6 Å². The number of carboxylic acids is 1. The van der Waals surface area contributed by atoms with Gasteiger partial charge in [-0.3, -0.25) is 4.79 Å². The predicted molar refractivity (Wildman–Crippen MR) is 77.7 cm³/mol. The molecule has 20 heavy (non-hydrogen) atoms. The zero-order valence-corrected chi connectivity index (χ0v) is 12.9. The van der Waals surface area contributed by atoms with Gasteiger partial charge >= 0.3 is 5.97 Å². The summed E-state index contributed by atoms with van der Waals surface area (Å²) in [6, 6.07) is 0. The van der Waals surface area contributed by atoms with Gasteiger partial charge in [-0.2, -0.15) is 16.7 Å². The van der Waals surface area contributed by atoms with Gasteiger partial charge in [0.05, 0.1) is 11.7 Å². The molecule has 5 nitrogen and oxygen atoms in total. The number of nitrogens with zero attached hydrogens (tertiary/aromatic N) is 2. The highest BCUT2D eigenvalue weighted by atomic mass is 32.2. The smallest absolute Gasteiger partial charge is 0.307 e. The van der Waals surface area contributed by atoms with Crippen molar-refractivity contribution in [3.63, 3.8) is 0 Å². The second-order valence-electron chi connectivity index (χ2n) is 5.54. The number of rotatable bonds is 6. The van der Waals surface area contributed by atoms with Crippen LogP contribution in [-0.4, -0.2) is 26.5 Å². The Morgan fingerprint density at radius 3 is 2.75 bits per heavy atom. The Hall–Kier alpha value is -1.04. The molecule has 1 aromatic heterocycles. The Morgan fingerprint density at radius 1 is 1.40 bits per heavy atom. The first-order chi connectivity index (χ1) is 9.58. The predicted octanol–water partition coefficient (Wildman–Crippen LogP) is 3.46. The first-order valence-corrected chi connectivity index (χ1v) is 8.29. The average Bonchev–Trinajstić information content (AvgIpc) is 2.93. The lowest BCUT2D eigenvalue weighted by Crippen LogP contribution is -2.16. The molecule has 0 saturated heterocycles. The maximum atomic E-state index is 11.0. The van der Waals surface area contributed by atoms with Crippen LogP contribution in [0.15, 0.2) is 4.52 Å². The van der Waals surface area contributed by atoms with Crippen molar-refractivity contribution in [3.8, 4) is 0 Å². The fourth-order valence-electron chi connectivity index (χ4n) is 2.36. The quantitative estimate of drug-likeness (QED) is 0.866. The number of carboxylic acid groups (broad SMARTS) is 1. The average molecular weight is 298 g/mol. The summed E-state index contributed by atoms with van der Waals surface area (Å²) >= 11 is 1.89. The van der Waals surface area contributed by atoms with Crippen molar-refractivity contribution in [1.82, 2.24) is 10.1 Å². The summed E-state index contributed by atoms with van der Waals surface area (Å²) < 4.78 is 5.20. The molecule has 2 unspecified atom stereocenters. The summed E-state index contributed by atoms with van der Waals surface area (Å²) in [6.45, 7) is 3.47. The van der Waals surface area contributed by atoms with Crippen molar-refractivity contribution in [2.75, 3.05) is 0 Å². The highest BCUT2D eigenvalue weighted by Crippen LogP contribution is 2.30. The lowest BCUT2D eigenvalue weighted by atomic mass is 9.96. The molecule has 0 spiro atoms. The molecule has 0 aliphatic heterocycles. The fourth-order valence-corrected chi connectivity index (χ4v) is 3.53. The molecule has 1 heterocycles. The van der Waals surface area contributed by atoms with Crippen LogP contribution in [0.4, 0.5) is 0 Å². The molecule has 1 aliphatic carbocycles. The van der Waals surface area contributed by atoms with Crippen LogP contribution in [0.3, 0.4) is 0 Å². The molecule has 2 atom stereocenters. The Balaban J connectivity index is 1.86. The minimum atomic E-state index is -0.839. The summed E-state index contributed by atoms with van der Waals surface area (Å²) in [5, 5.41) is 13.7. The lowest BCUT2D eigenvalue weighted by molar-refractivity contribution is -0.141. The molecule has 1 aliphatic rings. The van der Waals surface area contributed by atoms with E-state index in [0.29, 0.717) is 17.0 Å². The van der Waals surface area contributed by atoms with Crippen LogP contribution in [-0.2, 0) is 10.5 Å². The number of thioether (sulfide) groups is 1. The molecule has 0 aromatic carbocycles. The second kappa shape index (κ2) is 7.11. The highest BCUT2D eigenvalue weighted by Gasteiger charge is 2.26. The van der Waals surface area contributed by atoms with E-state index in [-0.39, 0.29) is 5.92 Å². The minimum absolute atomic E-state index is 0.256. The summed E-state index contributed by atoms with van der Waals surface area (Å²) in [4.78, 5) is 15.3. The van der Waals surface area contributed by atoms with Gasteiger partial charge in [-0.15, -0.1) is 0 Å². The zero-order chi connectivity index (χ0) is 14.5. The largest absolute Gasteiger partial charge is 0.481 e. The molecule has 2 rings (SSSR count). The van der Waals surface area contributed by atoms with Crippen LogP contribution in [0.5, 0.6) is 0 Å². The van der Waals surface area contributed by atoms with E-state index in [9.17, 15) is 4.79 Å². The van der Waals surface area contributed by atoms with E-state index < -0.39 is 11.9 Å². The molecule has 112 valence electrons. The number of aliphatic carboxylic acids is 1. The lowest BCUT2D eigenvalue weighted by Gasteiger charge is -2.20. The third-order valence-electron chi connectivity index (χ3n) is 4.01. The van der Waals surface area contributed by atoms with Crippen LogP contribution in [0.25, 0.3) is 0 Å². The first-order valence-electron chi connectivity index (χ1n) is 7.25. The number of hydrogen-bond donors (Lipinski definition) is 1. The van der Waals surface area contributed by atoms with Gasteiger partial charge in [0.1, 0.15) is 0 Å². The third-order valence-corrected chi connectivity index (χ3v) is 5.38. The van der Waals surface area contributed by atoms with Crippen molar-refractivity contribution in [1.29, 1.82) is 0 Å². The molecule has 1 fully saturated rings. The van der Waals surface area contributed by atoms with Crippen molar-refractivity contribution in [2.45, 2.75) is 62.9 Å². The van der Waals surface area contributed by atoms with Gasteiger partial charge in [0.25, 0.3) is 0 Å². The molecule has 0 bridgehead atoms. The summed E-state index contributed by atoms with van der Waals surface area (Å²) in [5.41, 5.74) is 0. The van der Waals surface area contributed by atoms with E-state index in [0.717, 1.165) is 5.75 Å². The fraction of sp³-hybridized carbons (Fsp3) is 0.786. The molecule has 1 aromatic rings. The van der Waals surface area contributed by atoms with E-state index in [2.05, 4.69) is 10.1 Å². The van der Waals surface area contributed by atoms with Gasteiger partial charge in [0.15, 0.2) is 5.82 Å². The Labute approximate surface area is 123 Å². The van der Waals surface area contributed by atoms with Crippen LogP contribution >= 0.6 is 11.8 Å². The van der Waals surface area contributed by atoms with Gasteiger partial charge in [-0.25, -0.2) is 0 Å². The monoisotopic (exact) mass is 298 g/mol. The van der Waals surface area contributed by atoms with E-state index in [1.165, 1.54) is 32.1 Å². The normalized spacial score (nSPS) is 19.7. The Morgan fingerprint density at radius 2 is 2.10 bits per heavy atom. The molecule has 6 heteroatoms. The minimum Gasteiger partial charge on any atom is -0.481 e. The number of aromatic nitrogens is 2. The topological polar surface area (TPSA) is 76.2 Å². The highest BCUT2D eigenvalue weighted by molar-refractivity contribution is 7.99. The van der Waals surface area contributed by atoms with Crippen LogP contribution < -0.4 is 0 Å². The third kappa shape index (κ3) is 3.98. The van der Waals surface area contributed by atoms with E-state index in [1.807, 2.05) is 18.7 Å². The van der Waals surface area contributed by atoms with Crippen molar-refractivity contribution in [3.05, 3.63) is 11.7 Å². The zero-order valence-electron chi connectivity index (χ0n) is 12.0. The SMILES string of the molecule is CC(C(=O)O)C(C)c1nc(CSC2CCCCC2)no1. The van der Waals surface area contributed by atoms with Gasteiger partial charge < -0.3 is 9.63 Å². The van der Waals surface area contributed by atoms with Gasteiger partial charge in [0, 0.05) is 11.2 Å². The Bertz CT molecular complexity index is 443. The standard InChI is InChI=1S/C14H22N2O3S/c1-9(10(2)14(17)18)13-15-12(16-19-13)8-20-11-6-4-3-5-7-11/h9-11H,3-8H2,1-2H3,(H,17,18). The molecule has 1 N–H and O–H groups in total. The maximum absolute atomic E-state index is 11.0. The van der Waals surface area contributed by atoms with Crippen LogP contribution in [0, 0.1) is 5.92 Å². The number of hydrogen-bond acceptors (Lipinski definition) is 5. The molecule has 0 radical (unpaired) electrons. The summed E-state index contributed by atoms with van der Waals surface area (Å²) in [6.07, 6.45) is 6.56.